The van der Waals surface area contributed by atoms with E-state index in [9.17, 15) is 20.1 Å². The van der Waals surface area contributed by atoms with Crippen molar-refractivity contribution >= 4 is 46.7 Å². The fourth-order valence-corrected chi connectivity index (χ4v) is 2.36. The van der Waals surface area contributed by atoms with Gasteiger partial charge in [0.15, 0.2) is 0 Å². The van der Waals surface area contributed by atoms with E-state index in [1.54, 1.807) is 24.3 Å². The number of rotatable bonds is 2. The minimum atomic E-state index is -1.48. The number of hydrogen-bond donors (Lipinski definition) is 4. The summed E-state index contributed by atoms with van der Waals surface area (Å²) >= 11 is 0. The first-order valence-electron chi connectivity index (χ1n) is 6.24. The van der Waals surface area contributed by atoms with Gasteiger partial charge in [-0.05, 0) is 44.6 Å². The summed E-state index contributed by atoms with van der Waals surface area (Å²) in [5.41, 5.74) is 0.888. The Morgan fingerprint density at radius 3 is 1.25 bits per heavy atom. The molecule has 0 heterocycles. The molecular weight excluding hydrogens is 254 g/mol. The average molecular weight is 266 g/mol. The van der Waals surface area contributed by atoms with Crippen LogP contribution < -0.4 is 10.9 Å². The van der Waals surface area contributed by atoms with E-state index < -0.39 is 14.2 Å². The van der Waals surface area contributed by atoms with Crippen molar-refractivity contribution in [2.75, 3.05) is 0 Å². The Kier molecular flexibility index (Phi) is 3.23. The lowest BCUT2D eigenvalue weighted by atomic mass is 9.78. The third-order valence-corrected chi connectivity index (χ3v) is 3.44. The smallest absolute Gasteiger partial charge is 0.423 e. The van der Waals surface area contributed by atoms with Gasteiger partial charge < -0.3 is 20.1 Å². The molecular formula is C14H12B2O4. The molecule has 0 radical (unpaired) electrons. The molecule has 3 aromatic carbocycles. The van der Waals surface area contributed by atoms with E-state index in [4.69, 9.17) is 0 Å². The van der Waals surface area contributed by atoms with E-state index in [1.807, 2.05) is 24.3 Å². The van der Waals surface area contributed by atoms with Crippen LogP contribution in [-0.2, 0) is 0 Å². The Morgan fingerprint density at radius 1 is 0.500 bits per heavy atom. The molecule has 0 spiro atoms. The molecule has 3 rings (SSSR count). The first-order chi connectivity index (χ1) is 9.54. The average Bonchev–Trinajstić information content (AvgIpc) is 2.43. The van der Waals surface area contributed by atoms with Crippen molar-refractivity contribution in [1.29, 1.82) is 0 Å². The van der Waals surface area contributed by atoms with Crippen LogP contribution in [0.15, 0.2) is 48.5 Å². The van der Waals surface area contributed by atoms with Crippen molar-refractivity contribution in [2.24, 2.45) is 0 Å². The molecule has 0 aliphatic carbocycles. The molecule has 0 bridgehead atoms. The van der Waals surface area contributed by atoms with Gasteiger partial charge in [0.2, 0.25) is 0 Å². The summed E-state index contributed by atoms with van der Waals surface area (Å²) in [6.07, 6.45) is 0. The zero-order valence-corrected chi connectivity index (χ0v) is 10.6. The lowest BCUT2D eigenvalue weighted by molar-refractivity contribution is 0.424. The highest BCUT2D eigenvalue weighted by molar-refractivity contribution is 6.59. The van der Waals surface area contributed by atoms with E-state index in [-0.39, 0.29) is 0 Å². The van der Waals surface area contributed by atoms with Crippen LogP contribution in [0.1, 0.15) is 0 Å². The lowest BCUT2D eigenvalue weighted by Crippen LogP contribution is -2.29. The van der Waals surface area contributed by atoms with Gasteiger partial charge in [-0.15, -0.1) is 0 Å². The van der Waals surface area contributed by atoms with Crippen LogP contribution >= 0.6 is 0 Å². The van der Waals surface area contributed by atoms with Crippen molar-refractivity contribution < 1.29 is 20.1 Å². The molecule has 98 valence electrons. The summed E-state index contributed by atoms with van der Waals surface area (Å²) in [4.78, 5) is 0. The SMILES string of the molecule is OB(O)c1ccc2cc3cc(B(O)O)ccc3cc2c1. The predicted molar refractivity (Wildman–Crippen MR) is 81.1 cm³/mol. The van der Waals surface area contributed by atoms with E-state index in [1.165, 1.54) is 0 Å². The van der Waals surface area contributed by atoms with Crippen molar-refractivity contribution in [3.05, 3.63) is 48.5 Å². The number of hydrogen-bond acceptors (Lipinski definition) is 4. The minimum absolute atomic E-state index is 0.444. The zero-order chi connectivity index (χ0) is 14.3. The van der Waals surface area contributed by atoms with E-state index >= 15 is 0 Å². The molecule has 0 amide bonds. The Hall–Kier alpha value is -1.85. The van der Waals surface area contributed by atoms with Crippen LogP contribution in [0.5, 0.6) is 0 Å². The van der Waals surface area contributed by atoms with Gasteiger partial charge in [0.05, 0.1) is 0 Å². The molecule has 0 saturated heterocycles. The number of fused-ring (bicyclic) bond motifs is 2. The van der Waals surface area contributed by atoms with Gasteiger partial charge in [-0.3, -0.25) is 0 Å². The minimum Gasteiger partial charge on any atom is -0.423 e. The van der Waals surface area contributed by atoms with Gasteiger partial charge in [-0.1, -0.05) is 36.4 Å². The summed E-state index contributed by atoms with van der Waals surface area (Å²) in [6.45, 7) is 0. The second-order valence-corrected chi connectivity index (χ2v) is 4.81. The van der Waals surface area contributed by atoms with Gasteiger partial charge >= 0.3 is 14.2 Å². The summed E-state index contributed by atoms with van der Waals surface area (Å²) < 4.78 is 0. The van der Waals surface area contributed by atoms with Crippen LogP contribution in [0.2, 0.25) is 0 Å². The third kappa shape index (κ3) is 2.30. The fraction of sp³-hybridized carbons (Fsp3) is 0. The molecule has 0 aromatic heterocycles. The van der Waals surface area contributed by atoms with Gasteiger partial charge in [0.1, 0.15) is 0 Å². The van der Waals surface area contributed by atoms with Crippen molar-refractivity contribution in [1.82, 2.24) is 0 Å². The predicted octanol–water partition coefficient (Wildman–Crippen LogP) is -0.647. The molecule has 0 atom stereocenters. The van der Waals surface area contributed by atoms with Crippen LogP contribution in [0.25, 0.3) is 21.5 Å². The first kappa shape index (κ1) is 13.1. The third-order valence-electron chi connectivity index (χ3n) is 3.44. The van der Waals surface area contributed by atoms with Gasteiger partial charge in [0.25, 0.3) is 0 Å². The molecule has 4 N–H and O–H groups in total. The number of benzene rings is 3. The lowest BCUT2D eigenvalue weighted by Gasteiger charge is -2.07. The van der Waals surface area contributed by atoms with E-state index in [0.717, 1.165) is 21.5 Å². The van der Waals surface area contributed by atoms with Crippen LogP contribution in [-0.4, -0.2) is 34.3 Å². The fourth-order valence-electron chi connectivity index (χ4n) is 2.36. The molecule has 6 heteroatoms. The summed E-state index contributed by atoms with van der Waals surface area (Å²) in [6, 6.07) is 14.3. The first-order valence-corrected chi connectivity index (χ1v) is 6.24. The van der Waals surface area contributed by atoms with Gasteiger partial charge in [-0.2, -0.15) is 0 Å². The quantitative estimate of drug-likeness (QED) is 0.367. The Bertz CT molecular complexity index is 719. The maximum Gasteiger partial charge on any atom is 0.488 e. The summed E-state index contributed by atoms with van der Waals surface area (Å²) in [7, 11) is -2.97. The Balaban J connectivity index is 2.22. The zero-order valence-electron chi connectivity index (χ0n) is 10.6. The Morgan fingerprint density at radius 2 is 0.900 bits per heavy atom. The van der Waals surface area contributed by atoms with E-state index in [0.29, 0.717) is 10.9 Å². The molecule has 0 fully saturated rings. The van der Waals surface area contributed by atoms with Gasteiger partial charge in [0, 0.05) is 0 Å². The van der Waals surface area contributed by atoms with Crippen molar-refractivity contribution in [3.8, 4) is 0 Å². The monoisotopic (exact) mass is 266 g/mol. The second kappa shape index (κ2) is 4.92. The molecule has 0 unspecified atom stereocenters. The molecule has 3 aromatic rings. The topological polar surface area (TPSA) is 80.9 Å². The van der Waals surface area contributed by atoms with Crippen LogP contribution in [0.4, 0.5) is 0 Å². The largest absolute Gasteiger partial charge is 0.488 e. The normalized spacial score (nSPS) is 11.0. The summed E-state index contributed by atoms with van der Waals surface area (Å²) in [5.74, 6) is 0. The molecule has 0 aliphatic rings. The highest BCUT2D eigenvalue weighted by atomic mass is 16.4. The molecule has 20 heavy (non-hydrogen) atoms. The molecule has 0 aliphatic heterocycles. The van der Waals surface area contributed by atoms with Crippen molar-refractivity contribution in [2.45, 2.75) is 0 Å². The van der Waals surface area contributed by atoms with Crippen LogP contribution in [0.3, 0.4) is 0 Å². The molecule has 4 nitrogen and oxygen atoms in total. The standard InChI is InChI=1S/C14H12B2O4/c17-15(18)13-3-1-9-5-12-8-14(16(19)20)4-2-10(12)6-11(9)7-13/h1-8,17-20H. The highest BCUT2D eigenvalue weighted by Crippen LogP contribution is 2.21. The van der Waals surface area contributed by atoms with Crippen LogP contribution in [0, 0.1) is 0 Å². The maximum atomic E-state index is 9.19. The Labute approximate surface area is 116 Å². The van der Waals surface area contributed by atoms with E-state index in [2.05, 4.69) is 0 Å². The second-order valence-electron chi connectivity index (χ2n) is 4.81. The molecule has 0 saturated carbocycles. The van der Waals surface area contributed by atoms with Crippen molar-refractivity contribution in [3.63, 3.8) is 0 Å². The maximum absolute atomic E-state index is 9.19. The summed E-state index contributed by atoms with van der Waals surface area (Å²) in [5, 5.41) is 40.5. The highest BCUT2D eigenvalue weighted by Gasteiger charge is 2.13. The van der Waals surface area contributed by atoms with Gasteiger partial charge in [-0.25, -0.2) is 0 Å².